The van der Waals surface area contributed by atoms with Gasteiger partial charge in [-0.1, -0.05) is 48.5 Å². The van der Waals surface area contributed by atoms with Gasteiger partial charge in [-0.3, -0.25) is 0 Å². The number of aliphatic hydroxyl groups is 2. The molecule has 6 heteroatoms. The number of benzene rings is 2. The van der Waals surface area contributed by atoms with Crippen LogP contribution in [0.25, 0.3) is 0 Å². The van der Waals surface area contributed by atoms with Crippen LogP contribution in [0.3, 0.4) is 0 Å². The van der Waals surface area contributed by atoms with Crippen molar-refractivity contribution in [2.45, 2.75) is 37.0 Å². The third kappa shape index (κ3) is 3.40. The van der Waals surface area contributed by atoms with Crippen LogP contribution in [0, 0.1) is 0 Å². The molecule has 6 atom stereocenters. The smallest absolute Gasteiger partial charge is 0.229 e. The summed E-state index contributed by atoms with van der Waals surface area (Å²) in [6, 6.07) is 18.5. The van der Waals surface area contributed by atoms with E-state index in [2.05, 4.69) is 0 Å². The molecule has 0 bridgehead atoms. The Kier molecular flexibility index (Phi) is 4.70. The van der Waals surface area contributed by atoms with Crippen LogP contribution in [0.4, 0.5) is 0 Å². The molecule has 2 fully saturated rings. The lowest BCUT2D eigenvalue weighted by atomic mass is 9.98. The summed E-state index contributed by atoms with van der Waals surface area (Å²) in [6.45, 7) is 0.239. The third-order valence-electron chi connectivity index (χ3n) is 4.40. The van der Waals surface area contributed by atoms with E-state index < -0.39 is 37.0 Å². The molecule has 2 heterocycles. The van der Waals surface area contributed by atoms with E-state index in [1.165, 1.54) is 0 Å². The van der Waals surface area contributed by atoms with Crippen LogP contribution in [-0.4, -0.2) is 47.5 Å². The van der Waals surface area contributed by atoms with Crippen molar-refractivity contribution in [2.24, 2.45) is 0 Å². The van der Waals surface area contributed by atoms with Crippen LogP contribution in [0.2, 0.25) is 0 Å². The summed E-state index contributed by atoms with van der Waals surface area (Å²) in [7, 11) is 0. The Labute approximate surface area is 145 Å². The van der Waals surface area contributed by atoms with Crippen molar-refractivity contribution >= 4 is 0 Å². The van der Waals surface area contributed by atoms with E-state index in [0.29, 0.717) is 5.75 Å². The van der Waals surface area contributed by atoms with Gasteiger partial charge < -0.3 is 29.2 Å². The summed E-state index contributed by atoms with van der Waals surface area (Å²) in [5.74, 6) is 0.553. The van der Waals surface area contributed by atoms with Crippen molar-refractivity contribution < 1.29 is 29.2 Å². The Balaban J connectivity index is 1.46. The van der Waals surface area contributed by atoms with Gasteiger partial charge >= 0.3 is 0 Å². The van der Waals surface area contributed by atoms with Crippen molar-refractivity contribution in [3.8, 4) is 5.75 Å². The van der Waals surface area contributed by atoms with E-state index in [4.69, 9.17) is 18.9 Å². The van der Waals surface area contributed by atoms with Gasteiger partial charge in [0, 0.05) is 5.56 Å². The molecule has 0 radical (unpaired) electrons. The van der Waals surface area contributed by atoms with Crippen LogP contribution in [0.5, 0.6) is 5.75 Å². The molecule has 2 saturated heterocycles. The van der Waals surface area contributed by atoms with Crippen molar-refractivity contribution in [1.29, 1.82) is 0 Å². The van der Waals surface area contributed by atoms with Gasteiger partial charge in [-0.15, -0.1) is 0 Å². The SMILES string of the molecule is O[C@@H]1[C@@H](O)[C@H](Oc2ccccc2)O[C@@H]2CO[C@H](c3ccccc3)O[C@@H]12. The average Bonchev–Trinajstić information content (AvgIpc) is 2.67. The number of hydrogen-bond donors (Lipinski definition) is 2. The number of rotatable bonds is 3. The standard InChI is InChI=1S/C19H20O6/c20-15-16(21)19(23-13-9-5-2-6-10-13)24-14-11-22-18(25-17(14)15)12-7-3-1-4-8-12/h1-10,14-21H,11H2/t14-,15-,16-,17-,18+,19-/m1/s1. The number of hydrogen-bond acceptors (Lipinski definition) is 6. The van der Waals surface area contributed by atoms with Crippen molar-refractivity contribution in [3.63, 3.8) is 0 Å². The maximum Gasteiger partial charge on any atom is 0.229 e. The Morgan fingerprint density at radius 1 is 0.840 bits per heavy atom. The molecule has 2 aliphatic rings. The molecule has 2 N–H and O–H groups in total. The minimum atomic E-state index is -1.23. The zero-order chi connectivity index (χ0) is 17.2. The molecule has 6 nitrogen and oxygen atoms in total. The normalized spacial score (nSPS) is 35.0. The maximum absolute atomic E-state index is 10.5. The molecule has 0 amide bonds. The van der Waals surface area contributed by atoms with E-state index in [9.17, 15) is 10.2 Å². The summed E-state index contributed by atoms with van der Waals surface area (Å²) in [6.07, 6.45) is -5.16. The van der Waals surface area contributed by atoms with E-state index in [-0.39, 0.29) is 6.61 Å². The molecule has 2 aromatic carbocycles. The Bertz CT molecular complexity index is 677. The second-order valence-electron chi connectivity index (χ2n) is 6.13. The number of aliphatic hydroxyl groups excluding tert-OH is 2. The first-order valence-corrected chi connectivity index (χ1v) is 8.28. The highest BCUT2D eigenvalue weighted by Crippen LogP contribution is 2.34. The van der Waals surface area contributed by atoms with Gasteiger partial charge in [-0.25, -0.2) is 0 Å². The predicted octanol–water partition coefficient (Wildman–Crippen LogP) is 1.63. The number of para-hydroxylation sites is 1. The molecular weight excluding hydrogens is 324 g/mol. The second kappa shape index (κ2) is 7.11. The molecular formula is C19H20O6. The van der Waals surface area contributed by atoms with Crippen molar-refractivity contribution in [1.82, 2.24) is 0 Å². The largest absolute Gasteiger partial charge is 0.462 e. The molecule has 0 saturated carbocycles. The quantitative estimate of drug-likeness (QED) is 0.881. The van der Waals surface area contributed by atoms with Gasteiger partial charge in [0.15, 0.2) is 6.29 Å². The van der Waals surface area contributed by atoms with Gasteiger partial charge in [0.05, 0.1) is 6.61 Å². The molecule has 0 aromatic heterocycles. The van der Waals surface area contributed by atoms with Crippen molar-refractivity contribution in [3.05, 3.63) is 66.2 Å². The van der Waals surface area contributed by atoms with Crippen molar-refractivity contribution in [2.75, 3.05) is 6.61 Å². The summed E-state index contributed by atoms with van der Waals surface area (Å²) in [5.41, 5.74) is 0.852. The van der Waals surface area contributed by atoms with Crippen LogP contribution in [0.1, 0.15) is 11.9 Å². The van der Waals surface area contributed by atoms with E-state index >= 15 is 0 Å². The summed E-state index contributed by atoms with van der Waals surface area (Å²) < 4.78 is 23.0. The zero-order valence-electron chi connectivity index (χ0n) is 13.5. The molecule has 2 aromatic rings. The molecule has 132 valence electrons. The first-order valence-electron chi connectivity index (χ1n) is 8.28. The van der Waals surface area contributed by atoms with Crippen LogP contribution in [-0.2, 0) is 14.2 Å². The summed E-state index contributed by atoms with van der Waals surface area (Å²) in [5, 5.41) is 20.9. The molecule has 4 rings (SSSR count). The van der Waals surface area contributed by atoms with Gasteiger partial charge in [0.1, 0.15) is 30.2 Å². The van der Waals surface area contributed by atoms with Gasteiger partial charge in [-0.2, -0.15) is 0 Å². The minimum absolute atomic E-state index is 0.239. The number of fused-ring (bicyclic) bond motifs is 1. The Morgan fingerprint density at radius 3 is 2.24 bits per heavy atom. The minimum Gasteiger partial charge on any atom is -0.462 e. The molecule has 2 aliphatic heterocycles. The fourth-order valence-electron chi connectivity index (χ4n) is 3.09. The van der Waals surface area contributed by atoms with Gasteiger partial charge in [0.2, 0.25) is 6.29 Å². The Morgan fingerprint density at radius 2 is 1.52 bits per heavy atom. The molecule has 0 aliphatic carbocycles. The molecule has 25 heavy (non-hydrogen) atoms. The topological polar surface area (TPSA) is 77.4 Å². The second-order valence-corrected chi connectivity index (χ2v) is 6.13. The van der Waals surface area contributed by atoms with Crippen LogP contribution in [0.15, 0.2) is 60.7 Å². The highest BCUT2D eigenvalue weighted by molar-refractivity contribution is 5.21. The first-order chi connectivity index (χ1) is 12.2. The lowest BCUT2D eigenvalue weighted by Crippen LogP contribution is -2.62. The highest BCUT2D eigenvalue weighted by Gasteiger charge is 2.49. The average molecular weight is 344 g/mol. The van der Waals surface area contributed by atoms with E-state index in [1.54, 1.807) is 12.1 Å². The predicted molar refractivity (Wildman–Crippen MR) is 87.8 cm³/mol. The van der Waals surface area contributed by atoms with Crippen LogP contribution < -0.4 is 4.74 Å². The maximum atomic E-state index is 10.5. The van der Waals surface area contributed by atoms with Gasteiger partial charge in [-0.05, 0) is 12.1 Å². The fraction of sp³-hybridized carbons (Fsp3) is 0.368. The van der Waals surface area contributed by atoms with E-state index in [0.717, 1.165) is 5.56 Å². The monoisotopic (exact) mass is 344 g/mol. The fourth-order valence-corrected chi connectivity index (χ4v) is 3.09. The van der Waals surface area contributed by atoms with Crippen LogP contribution >= 0.6 is 0 Å². The lowest BCUT2D eigenvalue weighted by Gasteiger charge is -2.46. The lowest BCUT2D eigenvalue weighted by molar-refractivity contribution is -0.350. The summed E-state index contributed by atoms with van der Waals surface area (Å²) in [4.78, 5) is 0. The first kappa shape index (κ1) is 16.5. The van der Waals surface area contributed by atoms with Gasteiger partial charge in [0.25, 0.3) is 0 Å². The Hall–Kier alpha value is -1.96. The zero-order valence-corrected chi connectivity index (χ0v) is 13.5. The van der Waals surface area contributed by atoms with E-state index in [1.807, 2.05) is 48.5 Å². The molecule has 0 spiro atoms. The highest BCUT2D eigenvalue weighted by atomic mass is 16.8. The number of ether oxygens (including phenoxy) is 4. The molecule has 0 unspecified atom stereocenters. The summed E-state index contributed by atoms with van der Waals surface area (Å²) >= 11 is 0. The third-order valence-corrected chi connectivity index (χ3v) is 4.40.